The van der Waals surface area contributed by atoms with Crippen molar-refractivity contribution in [3.8, 4) is 0 Å². The van der Waals surface area contributed by atoms with Crippen LogP contribution in [0.1, 0.15) is 66.9 Å². The van der Waals surface area contributed by atoms with E-state index in [-0.39, 0.29) is 23.1 Å². The summed E-state index contributed by atoms with van der Waals surface area (Å²) in [6.07, 6.45) is 6.55. The van der Waals surface area contributed by atoms with Crippen LogP contribution in [0.15, 0.2) is 47.3 Å². The van der Waals surface area contributed by atoms with Crippen molar-refractivity contribution in [3.63, 3.8) is 0 Å². The SMILES string of the molecule is CCN(CC)C(=O)CC1CC2(CCN(C(=O)c3ccoc3)CC2)c2ccccc21. The number of piperidine rings is 1. The van der Waals surface area contributed by atoms with Crippen molar-refractivity contribution in [2.45, 2.75) is 50.9 Å². The Hall–Kier alpha value is -2.56. The van der Waals surface area contributed by atoms with Crippen LogP contribution in [0.4, 0.5) is 0 Å². The number of nitrogens with zero attached hydrogens (tertiary/aromatic N) is 2. The number of likely N-dealkylation sites (tertiary alicyclic amines) is 1. The van der Waals surface area contributed by atoms with Crippen LogP contribution < -0.4 is 0 Å². The summed E-state index contributed by atoms with van der Waals surface area (Å²) in [4.78, 5) is 29.3. The lowest BCUT2D eigenvalue weighted by Gasteiger charge is -2.40. The molecule has 1 atom stereocenters. The molecule has 5 nitrogen and oxygen atoms in total. The highest BCUT2D eigenvalue weighted by Crippen LogP contribution is 2.52. The van der Waals surface area contributed by atoms with E-state index in [1.165, 1.54) is 17.4 Å². The van der Waals surface area contributed by atoms with Crippen molar-refractivity contribution >= 4 is 11.8 Å². The second kappa shape index (κ2) is 8.05. The van der Waals surface area contributed by atoms with Gasteiger partial charge in [0.2, 0.25) is 5.91 Å². The minimum atomic E-state index is 0.0492. The van der Waals surface area contributed by atoms with Crippen LogP contribution in [0.3, 0.4) is 0 Å². The minimum absolute atomic E-state index is 0.0492. The van der Waals surface area contributed by atoms with Gasteiger partial charge in [-0.05, 0) is 61.6 Å². The van der Waals surface area contributed by atoms with Gasteiger partial charge in [-0.2, -0.15) is 0 Å². The molecule has 1 saturated heterocycles. The number of amides is 2. The number of benzene rings is 1. The van der Waals surface area contributed by atoms with Crippen molar-refractivity contribution in [1.82, 2.24) is 9.80 Å². The molecule has 0 saturated carbocycles. The Bertz CT molecular complexity index is 862. The summed E-state index contributed by atoms with van der Waals surface area (Å²) in [5.41, 5.74) is 3.43. The molecule has 2 aliphatic rings. The molecule has 1 aliphatic heterocycles. The predicted octanol–water partition coefficient (Wildman–Crippen LogP) is 4.20. The molecule has 0 radical (unpaired) electrons. The number of hydrogen-bond acceptors (Lipinski definition) is 3. The third-order valence-electron chi connectivity index (χ3n) is 6.92. The Morgan fingerprint density at radius 2 is 1.86 bits per heavy atom. The molecule has 1 aromatic heterocycles. The highest BCUT2D eigenvalue weighted by molar-refractivity contribution is 5.93. The number of rotatable bonds is 5. The van der Waals surface area contributed by atoms with E-state index in [0.29, 0.717) is 12.0 Å². The molecule has 5 heteroatoms. The zero-order valence-corrected chi connectivity index (χ0v) is 17.4. The first kappa shape index (κ1) is 19.7. The smallest absolute Gasteiger partial charge is 0.257 e. The summed E-state index contributed by atoms with van der Waals surface area (Å²) in [7, 11) is 0. The monoisotopic (exact) mass is 394 g/mol. The molecule has 29 heavy (non-hydrogen) atoms. The van der Waals surface area contributed by atoms with Gasteiger partial charge >= 0.3 is 0 Å². The molecule has 0 N–H and O–H groups in total. The third-order valence-corrected chi connectivity index (χ3v) is 6.92. The van der Waals surface area contributed by atoms with Crippen LogP contribution in [0.5, 0.6) is 0 Å². The van der Waals surface area contributed by atoms with Crippen LogP contribution >= 0.6 is 0 Å². The van der Waals surface area contributed by atoms with E-state index in [1.54, 1.807) is 12.3 Å². The second-order valence-corrected chi connectivity index (χ2v) is 8.34. The van der Waals surface area contributed by atoms with Gasteiger partial charge in [0.05, 0.1) is 11.8 Å². The first-order valence-electron chi connectivity index (χ1n) is 10.8. The van der Waals surface area contributed by atoms with Crippen LogP contribution in [-0.4, -0.2) is 47.8 Å². The Labute approximate surface area is 172 Å². The van der Waals surface area contributed by atoms with Crippen LogP contribution in [0.25, 0.3) is 0 Å². The van der Waals surface area contributed by atoms with Gasteiger partial charge in [0.15, 0.2) is 0 Å². The highest BCUT2D eigenvalue weighted by Gasteiger charge is 2.46. The summed E-state index contributed by atoms with van der Waals surface area (Å²) in [6, 6.07) is 10.4. The van der Waals surface area contributed by atoms with Crippen LogP contribution in [-0.2, 0) is 10.2 Å². The lowest BCUT2D eigenvalue weighted by molar-refractivity contribution is -0.131. The quantitative estimate of drug-likeness (QED) is 0.764. The molecule has 1 spiro atoms. The molecule has 154 valence electrons. The lowest BCUT2D eigenvalue weighted by atomic mass is 9.73. The molecule has 1 aliphatic carbocycles. The second-order valence-electron chi connectivity index (χ2n) is 8.34. The fourth-order valence-corrected chi connectivity index (χ4v) is 5.31. The molecular formula is C24H30N2O3. The van der Waals surface area contributed by atoms with Gasteiger partial charge in [-0.25, -0.2) is 0 Å². The summed E-state index contributed by atoms with van der Waals surface area (Å²) in [5, 5.41) is 0. The molecule has 1 aromatic carbocycles. The minimum Gasteiger partial charge on any atom is -0.472 e. The summed E-state index contributed by atoms with van der Waals surface area (Å²) in [5.74, 6) is 0.572. The van der Waals surface area contributed by atoms with E-state index < -0.39 is 0 Å². The third kappa shape index (κ3) is 3.59. The van der Waals surface area contributed by atoms with Gasteiger partial charge in [-0.1, -0.05) is 24.3 Å². The van der Waals surface area contributed by atoms with E-state index in [4.69, 9.17) is 4.42 Å². The van der Waals surface area contributed by atoms with E-state index in [2.05, 4.69) is 24.3 Å². The molecule has 2 amide bonds. The Kier molecular flexibility index (Phi) is 5.48. The number of fused-ring (bicyclic) bond motifs is 2. The number of hydrogen-bond donors (Lipinski definition) is 0. The average molecular weight is 395 g/mol. The van der Waals surface area contributed by atoms with Gasteiger partial charge in [0.25, 0.3) is 5.91 Å². The lowest BCUT2D eigenvalue weighted by Crippen LogP contribution is -2.44. The fraction of sp³-hybridized carbons (Fsp3) is 0.500. The first-order valence-corrected chi connectivity index (χ1v) is 10.8. The Morgan fingerprint density at radius 1 is 1.14 bits per heavy atom. The average Bonchev–Trinajstić information content (AvgIpc) is 3.37. The van der Waals surface area contributed by atoms with E-state index in [1.807, 2.05) is 23.6 Å². The molecule has 4 rings (SSSR count). The van der Waals surface area contributed by atoms with Crippen molar-refractivity contribution in [1.29, 1.82) is 0 Å². The molecule has 2 heterocycles. The topological polar surface area (TPSA) is 53.8 Å². The zero-order chi connectivity index (χ0) is 20.4. The summed E-state index contributed by atoms with van der Waals surface area (Å²) >= 11 is 0. The molecular weight excluding hydrogens is 364 g/mol. The first-order chi connectivity index (χ1) is 14.1. The molecule has 0 bridgehead atoms. The maximum absolute atomic E-state index is 12.8. The van der Waals surface area contributed by atoms with E-state index in [0.717, 1.165) is 45.4 Å². The maximum atomic E-state index is 12.8. The van der Waals surface area contributed by atoms with Crippen molar-refractivity contribution in [2.75, 3.05) is 26.2 Å². The van der Waals surface area contributed by atoms with E-state index >= 15 is 0 Å². The summed E-state index contributed by atoms with van der Waals surface area (Å²) in [6.45, 7) is 7.10. The molecule has 1 fully saturated rings. The van der Waals surface area contributed by atoms with Gasteiger partial charge in [0.1, 0.15) is 6.26 Å². The normalized spacial score (nSPS) is 19.9. The van der Waals surface area contributed by atoms with E-state index in [9.17, 15) is 9.59 Å². The number of furan rings is 1. The van der Waals surface area contributed by atoms with Crippen LogP contribution in [0.2, 0.25) is 0 Å². The zero-order valence-electron chi connectivity index (χ0n) is 17.4. The molecule has 1 unspecified atom stereocenters. The van der Waals surface area contributed by atoms with Crippen molar-refractivity contribution in [2.24, 2.45) is 0 Å². The van der Waals surface area contributed by atoms with Crippen molar-refractivity contribution in [3.05, 3.63) is 59.5 Å². The van der Waals surface area contributed by atoms with Gasteiger partial charge in [-0.3, -0.25) is 9.59 Å². The standard InChI is InChI=1S/C24H30N2O3/c1-3-25(4-2)22(27)15-19-16-24(21-8-6-5-7-20(19)21)10-12-26(13-11-24)23(28)18-9-14-29-17-18/h5-9,14,17,19H,3-4,10-13,15-16H2,1-2H3. The summed E-state index contributed by atoms with van der Waals surface area (Å²) < 4.78 is 5.07. The number of carbonyl (C=O) groups excluding carboxylic acids is 2. The maximum Gasteiger partial charge on any atom is 0.257 e. The van der Waals surface area contributed by atoms with Gasteiger partial charge < -0.3 is 14.2 Å². The Morgan fingerprint density at radius 3 is 2.52 bits per heavy atom. The van der Waals surface area contributed by atoms with Crippen LogP contribution in [0, 0.1) is 0 Å². The predicted molar refractivity (Wildman–Crippen MR) is 112 cm³/mol. The fourth-order valence-electron chi connectivity index (χ4n) is 5.31. The largest absolute Gasteiger partial charge is 0.472 e. The number of carbonyl (C=O) groups is 2. The van der Waals surface area contributed by atoms with Gasteiger partial charge in [0, 0.05) is 32.6 Å². The van der Waals surface area contributed by atoms with Crippen molar-refractivity contribution < 1.29 is 14.0 Å². The molecule has 2 aromatic rings. The Balaban J connectivity index is 1.50. The van der Waals surface area contributed by atoms with Gasteiger partial charge in [-0.15, -0.1) is 0 Å². The highest BCUT2D eigenvalue weighted by atomic mass is 16.3.